The van der Waals surface area contributed by atoms with E-state index in [-0.39, 0.29) is 30.0 Å². The van der Waals surface area contributed by atoms with Crippen LogP contribution in [0.1, 0.15) is 58.9 Å². The maximum absolute atomic E-state index is 10.9. The van der Waals surface area contributed by atoms with Gasteiger partial charge >= 0.3 is 0 Å². The second kappa shape index (κ2) is 6.70. The first-order chi connectivity index (χ1) is 15.2. The standard InChI is InChI=1S/C19H29NO3/c1-12(2)7-14-11-20-6-5-13-8-18(22-3)19(23-4)9-15(13)16(20)10-17(14)21/h8-9,12,14,16-17,21H,5-7,10-11H2,1-4H3/t14-,16-,17+/m0/s1/i3D3,4D3,5D2,6D2,17D. The summed E-state index contributed by atoms with van der Waals surface area (Å²) in [5.74, 6) is -1.59. The Kier molecular flexibility index (Phi) is 2.26. The van der Waals surface area contributed by atoms with Crippen LogP contribution in [0, 0.1) is 11.8 Å². The van der Waals surface area contributed by atoms with E-state index < -0.39 is 56.5 Å². The second-order valence-corrected chi connectivity index (χ2v) is 6.52. The molecule has 128 valence electrons. The summed E-state index contributed by atoms with van der Waals surface area (Å²) in [4.78, 5) is 1.26. The van der Waals surface area contributed by atoms with Crippen LogP contribution in [-0.4, -0.2) is 43.2 Å². The Bertz CT molecular complexity index is 927. The van der Waals surface area contributed by atoms with E-state index in [1.807, 2.05) is 13.8 Å². The molecule has 0 unspecified atom stereocenters. The van der Waals surface area contributed by atoms with Crippen molar-refractivity contribution in [1.29, 1.82) is 0 Å². The Labute approximate surface area is 154 Å². The Morgan fingerprint density at radius 3 is 2.83 bits per heavy atom. The number of fused-ring (bicyclic) bond motifs is 3. The fourth-order valence-corrected chi connectivity index (χ4v) is 3.38. The Morgan fingerprint density at radius 1 is 1.39 bits per heavy atom. The summed E-state index contributed by atoms with van der Waals surface area (Å²) in [6.45, 7) is 1.14. The molecule has 3 atom stereocenters. The quantitative estimate of drug-likeness (QED) is 0.921. The van der Waals surface area contributed by atoms with Crippen LogP contribution in [0.15, 0.2) is 12.1 Å². The van der Waals surface area contributed by atoms with Gasteiger partial charge in [-0.25, -0.2) is 0 Å². The third-order valence-corrected chi connectivity index (χ3v) is 4.45. The lowest BCUT2D eigenvalue weighted by atomic mass is 9.79. The highest BCUT2D eigenvalue weighted by atomic mass is 16.5. The maximum Gasteiger partial charge on any atom is 0.161 e. The van der Waals surface area contributed by atoms with Crippen LogP contribution in [0.2, 0.25) is 0 Å². The number of nitrogens with zero attached hydrogens (tertiary/aromatic N) is 1. The van der Waals surface area contributed by atoms with Crippen molar-refractivity contribution in [2.24, 2.45) is 11.8 Å². The zero-order valence-electron chi connectivity index (χ0n) is 24.2. The Morgan fingerprint density at radius 2 is 2.13 bits per heavy atom. The zero-order chi connectivity index (χ0) is 26.1. The van der Waals surface area contributed by atoms with Gasteiger partial charge in [-0.15, -0.1) is 0 Å². The molecule has 0 spiro atoms. The molecular formula is C19H29NO3. The van der Waals surface area contributed by atoms with E-state index in [1.54, 1.807) is 0 Å². The lowest BCUT2D eigenvalue weighted by molar-refractivity contribution is -0.0191. The lowest BCUT2D eigenvalue weighted by Gasteiger charge is -2.46. The molecule has 0 aromatic heterocycles. The van der Waals surface area contributed by atoms with Gasteiger partial charge in [0.1, 0.15) is 0 Å². The predicted octanol–water partition coefficient (Wildman–Crippen LogP) is 3.03. The highest BCUT2D eigenvalue weighted by Gasteiger charge is 2.38. The fourth-order valence-electron chi connectivity index (χ4n) is 3.38. The molecule has 0 bridgehead atoms. The second-order valence-electron chi connectivity index (χ2n) is 6.52. The van der Waals surface area contributed by atoms with Crippen molar-refractivity contribution in [3.05, 3.63) is 23.3 Å². The Hall–Kier alpha value is -1.26. The average Bonchev–Trinajstić information content (AvgIpc) is 2.60. The topological polar surface area (TPSA) is 41.9 Å². The van der Waals surface area contributed by atoms with Gasteiger partial charge in [-0.2, -0.15) is 0 Å². The van der Waals surface area contributed by atoms with Crippen molar-refractivity contribution in [2.75, 3.05) is 27.1 Å². The summed E-state index contributed by atoms with van der Waals surface area (Å²) >= 11 is 0. The number of ether oxygens (including phenoxy) is 2. The van der Waals surface area contributed by atoms with Gasteiger partial charge in [-0.05, 0) is 54.3 Å². The van der Waals surface area contributed by atoms with Crippen LogP contribution in [0.5, 0.6) is 11.5 Å². The molecule has 4 heteroatoms. The number of hydrogen-bond acceptors (Lipinski definition) is 4. The van der Waals surface area contributed by atoms with E-state index in [4.69, 9.17) is 24.6 Å². The molecule has 1 N–H and O–H groups in total. The molecule has 2 heterocycles. The molecule has 4 nitrogen and oxygen atoms in total. The van der Waals surface area contributed by atoms with E-state index >= 15 is 0 Å². The predicted molar refractivity (Wildman–Crippen MR) is 91.1 cm³/mol. The fraction of sp³-hybridized carbons (Fsp3) is 0.684. The molecule has 1 aromatic rings. The minimum Gasteiger partial charge on any atom is -0.493 e. The molecule has 2 aliphatic rings. The number of aryl methyl sites for hydroxylation is 1. The van der Waals surface area contributed by atoms with Crippen LogP contribution in [0.4, 0.5) is 0 Å². The number of rotatable bonds is 4. The normalized spacial score (nSPS) is 43.2. The first-order valence-electron chi connectivity index (χ1n) is 13.2. The van der Waals surface area contributed by atoms with E-state index in [2.05, 4.69) is 0 Å². The summed E-state index contributed by atoms with van der Waals surface area (Å²) in [5, 5.41) is 10.9. The van der Waals surface area contributed by atoms with Gasteiger partial charge in [0.05, 0.1) is 29.8 Å². The van der Waals surface area contributed by atoms with E-state index in [9.17, 15) is 5.11 Å². The zero-order valence-corrected chi connectivity index (χ0v) is 13.2. The molecule has 0 saturated carbocycles. The molecule has 2 aliphatic heterocycles. The molecule has 0 aliphatic carbocycles. The van der Waals surface area contributed by atoms with Crippen molar-refractivity contribution < 1.29 is 29.7 Å². The molecule has 3 rings (SSSR count). The summed E-state index contributed by atoms with van der Waals surface area (Å²) in [5.41, 5.74) is -0.153. The van der Waals surface area contributed by atoms with Crippen LogP contribution < -0.4 is 9.47 Å². The minimum absolute atomic E-state index is 0.0994. The van der Waals surface area contributed by atoms with Crippen molar-refractivity contribution >= 4 is 0 Å². The Balaban J connectivity index is 2.21. The van der Waals surface area contributed by atoms with Gasteiger partial charge in [0.25, 0.3) is 0 Å². The molecule has 23 heavy (non-hydrogen) atoms. The van der Waals surface area contributed by atoms with Gasteiger partial charge < -0.3 is 14.6 Å². The minimum atomic E-state index is -3.01. The molecule has 1 aromatic carbocycles. The van der Waals surface area contributed by atoms with E-state index in [0.717, 1.165) is 12.1 Å². The third-order valence-electron chi connectivity index (χ3n) is 4.45. The summed E-state index contributed by atoms with van der Waals surface area (Å²) in [6, 6.07) is 1.08. The van der Waals surface area contributed by atoms with Crippen molar-refractivity contribution in [1.82, 2.24) is 4.90 Å². The molecular weight excluding hydrogens is 290 g/mol. The average molecular weight is 331 g/mol. The highest BCUT2D eigenvalue weighted by Crippen LogP contribution is 2.43. The largest absolute Gasteiger partial charge is 0.493 e. The van der Waals surface area contributed by atoms with Gasteiger partial charge in [0, 0.05) is 24.6 Å². The third kappa shape index (κ3) is 3.20. The van der Waals surface area contributed by atoms with Crippen molar-refractivity contribution in [3.63, 3.8) is 0 Å². The molecule has 0 amide bonds. The number of piperidine rings is 1. The van der Waals surface area contributed by atoms with Crippen LogP contribution in [-0.2, 0) is 6.37 Å². The van der Waals surface area contributed by atoms with Gasteiger partial charge in [-0.1, -0.05) is 13.8 Å². The highest BCUT2D eigenvalue weighted by molar-refractivity contribution is 5.49. The lowest BCUT2D eigenvalue weighted by Crippen LogP contribution is -2.48. The first-order valence-corrected chi connectivity index (χ1v) is 7.71. The summed E-state index contributed by atoms with van der Waals surface area (Å²) in [7, 11) is -5.99. The van der Waals surface area contributed by atoms with Crippen molar-refractivity contribution in [3.8, 4) is 11.5 Å². The van der Waals surface area contributed by atoms with Crippen LogP contribution >= 0.6 is 0 Å². The van der Waals surface area contributed by atoms with Gasteiger partial charge in [0.15, 0.2) is 11.5 Å². The SMILES string of the molecule is [2H]C([2H])([2H])Oc1cc2c(cc1OC([2H])([2H])[2H])C([2H])([2H])C([2H])([2H])N1C[C@H](CC(C)C)[C@]([2H])(O)C[C@@H]21. The maximum atomic E-state index is 10.9. The number of benzene rings is 1. The van der Waals surface area contributed by atoms with Crippen LogP contribution in [0.3, 0.4) is 0 Å². The smallest absolute Gasteiger partial charge is 0.161 e. The van der Waals surface area contributed by atoms with Crippen LogP contribution in [0.25, 0.3) is 0 Å². The number of methoxy groups -OCH3 is 2. The van der Waals surface area contributed by atoms with Crippen molar-refractivity contribution in [2.45, 2.75) is 45.2 Å². The van der Waals surface area contributed by atoms with Gasteiger partial charge in [-0.3, -0.25) is 4.90 Å². The molecule has 1 fully saturated rings. The molecule has 1 saturated heterocycles. The summed E-state index contributed by atoms with van der Waals surface area (Å²) < 4.78 is 97.2. The monoisotopic (exact) mass is 330 g/mol. The van der Waals surface area contributed by atoms with E-state index in [1.165, 1.54) is 4.90 Å². The summed E-state index contributed by atoms with van der Waals surface area (Å²) in [6.07, 6.45) is -4.45. The van der Waals surface area contributed by atoms with E-state index in [0.29, 0.717) is 6.42 Å². The van der Waals surface area contributed by atoms with Gasteiger partial charge in [0.2, 0.25) is 0 Å². The first kappa shape index (κ1) is 7.75. The molecule has 0 radical (unpaired) electrons. The number of hydrogen-bond donors (Lipinski definition) is 1. The number of aliphatic hydroxyl groups is 1.